The molecule has 6 heteroatoms. The summed E-state index contributed by atoms with van der Waals surface area (Å²) in [6.45, 7) is -1.23. The SMILES string of the molecule is CCCCc1ccc(-c2ccc3c(F)c(-c4cc(F)c(OC(F)F)c(F)c4)ccc3c2)cc1. The van der Waals surface area contributed by atoms with Crippen molar-refractivity contribution >= 4 is 10.8 Å². The van der Waals surface area contributed by atoms with E-state index in [-0.39, 0.29) is 16.5 Å². The van der Waals surface area contributed by atoms with E-state index in [1.54, 1.807) is 18.2 Å². The predicted molar refractivity (Wildman–Crippen MR) is 120 cm³/mol. The molecule has 0 radical (unpaired) electrons. The van der Waals surface area contributed by atoms with E-state index in [1.807, 2.05) is 18.2 Å². The first kappa shape index (κ1) is 22.8. The van der Waals surface area contributed by atoms with Gasteiger partial charge in [-0.3, -0.25) is 0 Å². The Kier molecular flexibility index (Phi) is 6.63. The maximum absolute atomic E-state index is 15.2. The number of ether oxygens (including phenoxy) is 1. The summed E-state index contributed by atoms with van der Waals surface area (Å²) in [6.07, 6.45) is 3.29. The molecule has 0 fully saturated rings. The number of hydrogen-bond acceptors (Lipinski definition) is 1. The number of unbranched alkanes of at least 4 members (excludes halogenated alkanes) is 1. The number of hydrogen-bond donors (Lipinski definition) is 0. The van der Waals surface area contributed by atoms with E-state index < -0.39 is 29.8 Å². The van der Waals surface area contributed by atoms with Crippen molar-refractivity contribution in [2.24, 2.45) is 0 Å². The first-order valence-corrected chi connectivity index (χ1v) is 10.6. The number of benzene rings is 4. The highest BCUT2D eigenvalue weighted by Crippen LogP contribution is 2.35. The molecule has 0 saturated heterocycles. The number of alkyl halides is 2. The standard InChI is InChI=1S/C27H21F5O/c1-2-3-4-16-5-7-17(8-6-16)18-9-11-21-19(13-18)10-12-22(25(21)30)20-14-23(28)26(24(29)15-20)33-27(31)32/h5-15,27H,2-4H2,1H3. The molecule has 0 unspecified atom stereocenters. The highest BCUT2D eigenvalue weighted by atomic mass is 19.3. The summed E-state index contributed by atoms with van der Waals surface area (Å²) in [5.74, 6) is -4.51. The van der Waals surface area contributed by atoms with Crippen molar-refractivity contribution < 1.29 is 26.7 Å². The second kappa shape index (κ2) is 9.61. The van der Waals surface area contributed by atoms with Crippen LogP contribution in [-0.2, 0) is 6.42 Å². The van der Waals surface area contributed by atoms with Crippen LogP contribution in [0.4, 0.5) is 22.0 Å². The molecule has 0 saturated carbocycles. The molecule has 4 rings (SSSR count). The minimum Gasteiger partial charge on any atom is -0.429 e. The Balaban J connectivity index is 1.68. The summed E-state index contributed by atoms with van der Waals surface area (Å²) < 4.78 is 72.1. The first-order chi connectivity index (χ1) is 15.9. The predicted octanol–water partition coefficient (Wildman–Crippen LogP) is 8.54. The van der Waals surface area contributed by atoms with Gasteiger partial charge < -0.3 is 4.74 Å². The smallest absolute Gasteiger partial charge is 0.387 e. The Hall–Kier alpha value is -3.41. The van der Waals surface area contributed by atoms with Crippen LogP contribution in [0.25, 0.3) is 33.0 Å². The monoisotopic (exact) mass is 456 g/mol. The van der Waals surface area contributed by atoms with Gasteiger partial charge in [-0.25, -0.2) is 13.2 Å². The zero-order valence-electron chi connectivity index (χ0n) is 17.8. The molecule has 0 atom stereocenters. The maximum atomic E-state index is 15.2. The van der Waals surface area contributed by atoms with Crippen LogP contribution in [0.2, 0.25) is 0 Å². The molecule has 0 aliphatic carbocycles. The highest BCUT2D eigenvalue weighted by Gasteiger charge is 2.19. The largest absolute Gasteiger partial charge is 0.429 e. The van der Waals surface area contributed by atoms with Gasteiger partial charge in [0.25, 0.3) is 0 Å². The molecule has 1 nitrogen and oxygen atoms in total. The highest BCUT2D eigenvalue weighted by molar-refractivity contribution is 5.91. The number of aryl methyl sites for hydroxylation is 1. The van der Waals surface area contributed by atoms with E-state index in [4.69, 9.17) is 0 Å². The van der Waals surface area contributed by atoms with Crippen LogP contribution in [-0.4, -0.2) is 6.61 Å². The van der Waals surface area contributed by atoms with Crippen molar-refractivity contribution in [2.75, 3.05) is 0 Å². The van der Waals surface area contributed by atoms with Crippen molar-refractivity contribution in [1.29, 1.82) is 0 Å². The maximum Gasteiger partial charge on any atom is 0.387 e. The van der Waals surface area contributed by atoms with Crippen molar-refractivity contribution in [1.82, 2.24) is 0 Å². The molecule has 0 bridgehead atoms. The average molecular weight is 456 g/mol. The van der Waals surface area contributed by atoms with Crippen molar-refractivity contribution in [3.8, 4) is 28.0 Å². The lowest BCUT2D eigenvalue weighted by Crippen LogP contribution is -2.06. The van der Waals surface area contributed by atoms with E-state index in [0.717, 1.165) is 42.5 Å². The van der Waals surface area contributed by atoms with Crippen molar-refractivity contribution in [2.45, 2.75) is 32.8 Å². The van der Waals surface area contributed by atoms with Gasteiger partial charge in [-0.15, -0.1) is 0 Å². The molecule has 4 aromatic carbocycles. The molecular formula is C27H21F5O. The molecule has 0 N–H and O–H groups in total. The van der Waals surface area contributed by atoms with Gasteiger partial charge in [0.1, 0.15) is 5.82 Å². The fraction of sp³-hybridized carbons (Fsp3) is 0.185. The molecule has 0 aliphatic heterocycles. The lowest BCUT2D eigenvalue weighted by molar-refractivity contribution is -0.0546. The summed E-state index contributed by atoms with van der Waals surface area (Å²) in [5, 5.41) is 0.909. The Morgan fingerprint density at radius 2 is 1.42 bits per heavy atom. The van der Waals surface area contributed by atoms with Gasteiger partial charge in [-0.2, -0.15) is 8.78 Å². The molecular weight excluding hydrogens is 435 g/mol. The lowest BCUT2D eigenvalue weighted by atomic mass is 9.96. The van der Waals surface area contributed by atoms with Crippen LogP contribution in [0.1, 0.15) is 25.3 Å². The quantitative estimate of drug-likeness (QED) is 0.253. The third-order valence-electron chi connectivity index (χ3n) is 5.58. The molecule has 0 amide bonds. The molecule has 0 aromatic heterocycles. The molecule has 0 aliphatic rings. The summed E-state index contributed by atoms with van der Waals surface area (Å²) >= 11 is 0. The molecule has 0 heterocycles. The Morgan fingerprint density at radius 3 is 2.06 bits per heavy atom. The number of halogens is 5. The Labute approximate surface area is 188 Å². The normalized spacial score (nSPS) is 11.4. The van der Waals surface area contributed by atoms with Gasteiger partial charge in [-0.1, -0.05) is 61.9 Å². The molecule has 33 heavy (non-hydrogen) atoms. The van der Waals surface area contributed by atoms with Gasteiger partial charge in [0, 0.05) is 10.9 Å². The van der Waals surface area contributed by atoms with Gasteiger partial charge in [0.2, 0.25) is 0 Å². The minimum atomic E-state index is -3.38. The third kappa shape index (κ3) is 4.85. The molecule has 4 aromatic rings. The van der Waals surface area contributed by atoms with E-state index in [0.29, 0.717) is 5.39 Å². The number of fused-ring (bicyclic) bond motifs is 1. The van der Waals surface area contributed by atoms with E-state index in [2.05, 4.69) is 23.8 Å². The average Bonchev–Trinajstić information content (AvgIpc) is 2.80. The van der Waals surface area contributed by atoms with Crippen LogP contribution >= 0.6 is 0 Å². The zero-order chi connectivity index (χ0) is 23.5. The second-order valence-corrected chi connectivity index (χ2v) is 7.81. The summed E-state index contributed by atoms with van der Waals surface area (Å²) in [6, 6.07) is 18.1. The Morgan fingerprint density at radius 1 is 0.758 bits per heavy atom. The van der Waals surface area contributed by atoms with E-state index in [9.17, 15) is 17.6 Å². The fourth-order valence-electron chi connectivity index (χ4n) is 3.86. The zero-order valence-corrected chi connectivity index (χ0v) is 17.8. The second-order valence-electron chi connectivity index (χ2n) is 7.81. The van der Waals surface area contributed by atoms with Crippen LogP contribution in [0.3, 0.4) is 0 Å². The molecule has 0 spiro atoms. The van der Waals surface area contributed by atoms with Gasteiger partial charge in [0.05, 0.1) is 0 Å². The first-order valence-electron chi connectivity index (χ1n) is 10.6. The van der Waals surface area contributed by atoms with Crippen LogP contribution < -0.4 is 4.74 Å². The fourth-order valence-corrected chi connectivity index (χ4v) is 3.86. The summed E-state index contributed by atoms with van der Waals surface area (Å²) in [7, 11) is 0. The van der Waals surface area contributed by atoms with Crippen LogP contribution in [0.15, 0.2) is 66.7 Å². The van der Waals surface area contributed by atoms with E-state index >= 15 is 4.39 Å². The third-order valence-corrected chi connectivity index (χ3v) is 5.58. The molecule has 170 valence electrons. The summed E-state index contributed by atoms with van der Waals surface area (Å²) in [5.41, 5.74) is 3.03. The van der Waals surface area contributed by atoms with Crippen LogP contribution in [0, 0.1) is 17.5 Å². The van der Waals surface area contributed by atoms with E-state index in [1.165, 1.54) is 11.6 Å². The lowest BCUT2D eigenvalue weighted by Gasteiger charge is -2.12. The van der Waals surface area contributed by atoms with Crippen molar-refractivity contribution in [3.63, 3.8) is 0 Å². The minimum absolute atomic E-state index is 0.0445. The topological polar surface area (TPSA) is 9.23 Å². The van der Waals surface area contributed by atoms with Crippen LogP contribution in [0.5, 0.6) is 5.75 Å². The summed E-state index contributed by atoms with van der Waals surface area (Å²) in [4.78, 5) is 0. The Bertz CT molecular complexity index is 1260. The van der Waals surface area contributed by atoms with Gasteiger partial charge in [-0.05, 0) is 58.7 Å². The van der Waals surface area contributed by atoms with Gasteiger partial charge in [0.15, 0.2) is 17.4 Å². The number of rotatable bonds is 7. The van der Waals surface area contributed by atoms with Crippen molar-refractivity contribution in [3.05, 3.63) is 89.7 Å². The van der Waals surface area contributed by atoms with Gasteiger partial charge >= 0.3 is 6.61 Å².